The number of nitrogens with zero attached hydrogens (tertiary/aromatic N) is 3. The molecule has 0 saturated carbocycles. The molecule has 0 aliphatic heterocycles. The summed E-state index contributed by atoms with van der Waals surface area (Å²) in [5, 5.41) is 7.50. The van der Waals surface area contributed by atoms with Gasteiger partial charge in [-0.25, -0.2) is 17.5 Å². The number of likely N-dealkylation sites (N-methyl/N-ethyl adjacent to an activating group) is 1. The van der Waals surface area contributed by atoms with Gasteiger partial charge < -0.3 is 5.32 Å². The van der Waals surface area contributed by atoms with Crippen molar-refractivity contribution < 1.29 is 17.6 Å². The average Bonchev–Trinajstić information content (AvgIpc) is 3.28. The number of amides is 1. The third-order valence-corrected chi connectivity index (χ3v) is 7.94. The lowest BCUT2D eigenvalue weighted by Crippen LogP contribution is -2.38. The van der Waals surface area contributed by atoms with E-state index in [1.54, 1.807) is 13.0 Å². The minimum atomic E-state index is -4.10. The number of carbonyl (C=O) groups excluding carboxylic acids is 1. The summed E-state index contributed by atoms with van der Waals surface area (Å²) < 4.78 is 42.3. The molecule has 0 atom stereocenters. The fourth-order valence-electron chi connectivity index (χ4n) is 3.52. The van der Waals surface area contributed by atoms with Crippen molar-refractivity contribution in [3.05, 3.63) is 94.7 Å². The summed E-state index contributed by atoms with van der Waals surface area (Å²) in [5.74, 6) is -0.718. The van der Waals surface area contributed by atoms with Gasteiger partial charge in [0.25, 0.3) is 0 Å². The Balaban J connectivity index is 1.64. The molecule has 1 heterocycles. The summed E-state index contributed by atoms with van der Waals surface area (Å²) in [6, 6.07) is 20.7. The maximum Gasteiger partial charge on any atom is 0.245 e. The van der Waals surface area contributed by atoms with E-state index >= 15 is 0 Å². The SMILES string of the molecule is CCN(CC(=O)Nc1cc(-c2ccccc2)nn1-c1ccc(F)cc1)S(=O)(=O)c1cc(Cl)ccc1Cl. The minimum Gasteiger partial charge on any atom is -0.309 e. The fourth-order valence-corrected chi connectivity index (χ4v) is 5.66. The Hall–Kier alpha value is -3.24. The molecule has 7 nitrogen and oxygen atoms in total. The normalized spacial score (nSPS) is 11.6. The van der Waals surface area contributed by atoms with E-state index in [2.05, 4.69) is 10.4 Å². The first-order valence-electron chi connectivity index (χ1n) is 10.9. The number of hydrogen-bond acceptors (Lipinski definition) is 4. The van der Waals surface area contributed by atoms with Gasteiger partial charge in [0.2, 0.25) is 15.9 Å². The highest BCUT2D eigenvalue weighted by Crippen LogP contribution is 2.28. The lowest BCUT2D eigenvalue weighted by atomic mass is 10.2. The van der Waals surface area contributed by atoms with Crippen molar-refractivity contribution in [3.63, 3.8) is 0 Å². The van der Waals surface area contributed by atoms with Gasteiger partial charge in [0.15, 0.2) is 0 Å². The minimum absolute atomic E-state index is 0.000136. The summed E-state index contributed by atoms with van der Waals surface area (Å²) in [6.07, 6.45) is 0. The van der Waals surface area contributed by atoms with Crippen LogP contribution in [0.4, 0.5) is 10.2 Å². The second-order valence-corrected chi connectivity index (χ2v) is 10.5. The number of carbonyl (C=O) groups is 1. The van der Waals surface area contributed by atoms with Crippen molar-refractivity contribution in [2.45, 2.75) is 11.8 Å². The van der Waals surface area contributed by atoms with Crippen LogP contribution in [0.5, 0.6) is 0 Å². The third kappa shape index (κ3) is 5.60. The Bertz CT molecular complexity index is 1490. The molecule has 1 aromatic heterocycles. The molecular weight excluding hydrogens is 526 g/mol. The van der Waals surface area contributed by atoms with Crippen LogP contribution in [0.3, 0.4) is 0 Å². The van der Waals surface area contributed by atoms with Crippen LogP contribution in [0.15, 0.2) is 83.8 Å². The smallest absolute Gasteiger partial charge is 0.245 e. The van der Waals surface area contributed by atoms with Gasteiger partial charge in [-0.2, -0.15) is 9.40 Å². The lowest BCUT2D eigenvalue weighted by molar-refractivity contribution is -0.116. The molecular formula is C25H21Cl2FN4O3S. The number of nitrogens with one attached hydrogen (secondary N) is 1. The van der Waals surface area contributed by atoms with E-state index in [4.69, 9.17) is 23.2 Å². The summed E-state index contributed by atoms with van der Waals surface area (Å²) in [7, 11) is -4.10. The van der Waals surface area contributed by atoms with Gasteiger partial charge in [-0.15, -0.1) is 0 Å². The fraction of sp³-hybridized carbons (Fsp3) is 0.120. The van der Waals surface area contributed by atoms with E-state index in [0.717, 1.165) is 9.87 Å². The predicted molar refractivity (Wildman–Crippen MR) is 138 cm³/mol. The molecule has 0 aliphatic rings. The highest BCUT2D eigenvalue weighted by Gasteiger charge is 2.28. The third-order valence-electron chi connectivity index (χ3n) is 5.30. The van der Waals surface area contributed by atoms with Gasteiger partial charge >= 0.3 is 0 Å². The van der Waals surface area contributed by atoms with Crippen LogP contribution in [0.25, 0.3) is 16.9 Å². The van der Waals surface area contributed by atoms with Gasteiger partial charge in [0.05, 0.1) is 22.9 Å². The molecule has 186 valence electrons. The summed E-state index contributed by atoms with van der Waals surface area (Å²) in [4.78, 5) is 12.8. The van der Waals surface area contributed by atoms with Crippen molar-refractivity contribution in [2.75, 3.05) is 18.4 Å². The van der Waals surface area contributed by atoms with E-state index < -0.39 is 28.3 Å². The zero-order valence-corrected chi connectivity index (χ0v) is 21.4. The topological polar surface area (TPSA) is 84.3 Å². The maximum absolute atomic E-state index is 13.5. The van der Waals surface area contributed by atoms with Crippen LogP contribution in [0.1, 0.15) is 6.92 Å². The second kappa shape index (κ2) is 10.8. The Morgan fingerprint density at radius 3 is 2.39 bits per heavy atom. The summed E-state index contributed by atoms with van der Waals surface area (Å²) in [5.41, 5.74) is 1.89. The molecule has 1 amide bonds. The molecule has 11 heteroatoms. The number of aromatic nitrogens is 2. The lowest BCUT2D eigenvalue weighted by Gasteiger charge is -2.21. The number of halogens is 3. The molecule has 4 aromatic rings. The highest BCUT2D eigenvalue weighted by molar-refractivity contribution is 7.89. The standard InChI is InChI=1S/C25H21Cl2FN4O3S/c1-2-31(36(34,35)23-14-18(26)8-13-21(23)27)16-25(33)29-24-15-22(17-6-4-3-5-7-17)30-32(24)20-11-9-19(28)10-12-20/h3-15H,2,16H2,1H3,(H,29,33). The van der Waals surface area contributed by atoms with E-state index in [1.165, 1.54) is 47.1 Å². The van der Waals surface area contributed by atoms with Gasteiger partial charge in [-0.3, -0.25) is 4.79 Å². The largest absolute Gasteiger partial charge is 0.309 e. The first-order valence-corrected chi connectivity index (χ1v) is 13.0. The Labute approximate surface area is 218 Å². The second-order valence-electron chi connectivity index (χ2n) is 7.72. The predicted octanol–water partition coefficient (Wildman–Crippen LogP) is 5.63. The number of anilines is 1. The molecule has 0 saturated heterocycles. The first kappa shape index (κ1) is 25.8. The molecule has 0 radical (unpaired) electrons. The number of benzene rings is 3. The zero-order chi connectivity index (χ0) is 25.9. The molecule has 0 aliphatic carbocycles. The van der Waals surface area contributed by atoms with Crippen LogP contribution >= 0.6 is 23.2 Å². The van der Waals surface area contributed by atoms with E-state index in [9.17, 15) is 17.6 Å². The molecule has 36 heavy (non-hydrogen) atoms. The maximum atomic E-state index is 13.5. The van der Waals surface area contributed by atoms with E-state index in [-0.39, 0.29) is 21.5 Å². The van der Waals surface area contributed by atoms with Gasteiger partial charge in [-0.05, 0) is 42.5 Å². The average molecular weight is 547 g/mol. The molecule has 0 spiro atoms. The van der Waals surface area contributed by atoms with E-state index in [1.807, 2.05) is 30.3 Å². The number of sulfonamides is 1. The zero-order valence-electron chi connectivity index (χ0n) is 19.0. The monoisotopic (exact) mass is 546 g/mol. The van der Waals surface area contributed by atoms with Crippen LogP contribution in [0.2, 0.25) is 10.0 Å². The summed E-state index contributed by atoms with van der Waals surface area (Å²) in [6.45, 7) is 1.15. The Kier molecular flexibility index (Phi) is 7.75. The first-order chi connectivity index (χ1) is 17.2. The Morgan fingerprint density at radius 2 is 1.72 bits per heavy atom. The van der Waals surface area contributed by atoms with Crippen molar-refractivity contribution in [1.82, 2.24) is 14.1 Å². The highest BCUT2D eigenvalue weighted by atomic mass is 35.5. The van der Waals surface area contributed by atoms with Crippen LogP contribution in [0, 0.1) is 5.82 Å². The molecule has 1 N–H and O–H groups in total. The molecule has 0 bridgehead atoms. The van der Waals surface area contributed by atoms with Gasteiger partial charge in [-0.1, -0.05) is 60.5 Å². The van der Waals surface area contributed by atoms with Crippen molar-refractivity contribution in [1.29, 1.82) is 0 Å². The van der Waals surface area contributed by atoms with Crippen molar-refractivity contribution in [3.8, 4) is 16.9 Å². The van der Waals surface area contributed by atoms with E-state index in [0.29, 0.717) is 17.2 Å². The Morgan fingerprint density at radius 1 is 1.03 bits per heavy atom. The van der Waals surface area contributed by atoms with Crippen LogP contribution < -0.4 is 5.32 Å². The molecule has 3 aromatic carbocycles. The quantitative estimate of drug-likeness (QED) is 0.310. The number of hydrogen-bond donors (Lipinski definition) is 1. The van der Waals surface area contributed by atoms with Gasteiger partial charge in [0.1, 0.15) is 16.5 Å². The summed E-state index contributed by atoms with van der Waals surface area (Å²) >= 11 is 12.1. The molecule has 0 unspecified atom stereocenters. The molecule has 0 fully saturated rings. The van der Waals surface area contributed by atoms with Crippen molar-refractivity contribution >= 4 is 45.0 Å². The van der Waals surface area contributed by atoms with Crippen LogP contribution in [-0.2, 0) is 14.8 Å². The van der Waals surface area contributed by atoms with Crippen molar-refractivity contribution in [2.24, 2.45) is 0 Å². The van der Waals surface area contributed by atoms with Crippen LogP contribution in [-0.4, -0.2) is 41.5 Å². The molecule has 4 rings (SSSR count). The van der Waals surface area contributed by atoms with Gasteiger partial charge in [0, 0.05) is 23.2 Å². The number of rotatable bonds is 8.